The molecule has 2 N–H and O–H groups in total. The van der Waals surface area contributed by atoms with E-state index < -0.39 is 12.1 Å². The maximum atomic E-state index is 9.95. The van der Waals surface area contributed by atoms with E-state index in [0.29, 0.717) is 0 Å². The van der Waals surface area contributed by atoms with Crippen LogP contribution in [0.5, 0.6) is 0 Å². The third kappa shape index (κ3) is 3.97. The van der Waals surface area contributed by atoms with Crippen molar-refractivity contribution in [2.75, 3.05) is 0 Å². The third-order valence-electron chi connectivity index (χ3n) is 1.15. The molecule has 0 saturated carbocycles. The number of aliphatic carboxylic acids is 1. The number of carboxylic acids is 1. The average Bonchev–Trinajstić information content (AvgIpc) is 1.63. The molecule has 3 heteroatoms. The molecule has 9 heavy (non-hydrogen) atoms. The Kier molecular flexibility index (Phi) is 3.24. The van der Waals surface area contributed by atoms with Gasteiger partial charge in [0.15, 0.2) is 0 Å². The quantitative estimate of drug-likeness (QED) is 0.587. The fourth-order valence-corrected chi connectivity index (χ4v) is 0.415. The van der Waals surface area contributed by atoms with Crippen LogP contribution in [0, 0.1) is 5.92 Å². The van der Waals surface area contributed by atoms with Gasteiger partial charge in [0.05, 0.1) is 12.5 Å². The van der Waals surface area contributed by atoms with Crippen molar-refractivity contribution in [1.29, 1.82) is 0 Å². The summed E-state index contributed by atoms with van der Waals surface area (Å²) in [5.74, 6) is -0.919. The number of carboxylic acid groups (broad SMARTS) is 1. The van der Waals surface area contributed by atoms with Crippen LogP contribution in [0.1, 0.15) is 20.3 Å². The molecule has 0 aromatic carbocycles. The van der Waals surface area contributed by atoms with Gasteiger partial charge in [0.2, 0.25) is 0 Å². The van der Waals surface area contributed by atoms with E-state index >= 15 is 0 Å². The molecule has 0 unspecified atom stereocenters. The molecule has 0 aliphatic rings. The molecule has 1 atom stereocenters. The molecule has 0 fully saturated rings. The van der Waals surface area contributed by atoms with Gasteiger partial charge in [0.25, 0.3) is 0 Å². The molecule has 0 aliphatic carbocycles. The van der Waals surface area contributed by atoms with Crippen molar-refractivity contribution < 1.29 is 15.0 Å². The van der Waals surface area contributed by atoms with Gasteiger partial charge in [-0.3, -0.25) is 4.79 Å². The zero-order chi connectivity index (χ0) is 7.44. The predicted octanol–water partition coefficient (Wildman–Crippen LogP) is 0.478. The highest BCUT2D eigenvalue weighted by Gasteiger charge is 2.12. The Morgan fingerprint density at radius 3 is 2.11 bits per heavy atom. The number of hydrogen-bond donors (Lipinski definition) is 2. The van der Waals surface area contributed by atoms with Crippen LogP contribution in [-0.2, 0) is 4.79 Å². The van der Waals surface area contributed by atoms with Crippen molar-refractivity contribution in [3.05, 3.63) is 0 Å². The molecule has 0 radical (unpaired) electrons. The molecule has 0 aromatic rings. The first kappa shape index (κ1) is 8.43. The molecule has 0 spiro atoms. The van der Waals surface area contributed by atoms with Gasteiger partial charge < -0.3 is 10.2 Å². The molecule has 0 bridgehead atoms. The lowest BCUT2D eigenvalue weighted by molar-refractivity contribution is -0.139. The van der Waals surface area contributed by atoms with Gasteiger partial charge in [-0.1, -0.05) is 13.8 Å². The van der Waals surface area contributed by atoms with Crippen LogP contribution >= 0.6 is 0 Å². The second-order valence-electron chi connectivity index (χ2n) is 2.41. The van der Waals surface area contributed by atoms with E-state index in [0.717, 1.165) is 0 Å². The summed E-state index contributed by atoms with van der Waals surface area (Å²) in [6.07, 6.45) is -0.861. The Hall–Kier alpha value is -0.570. The molecular weight excluding hydrogens is 120 g/mol. The Balaban J connectivity index is 3.50. The summed E-state index contributed by atoms with van der Waals surface area (Å²) < 4.78 is 0. The topological polar surface area (TPSA) is 57.5 Å². The van der Waals surface area contributed by atoms with Crippen molar-refractivity contribution in [2.24, 2.45) is 5.92 Å². The fourth-order valence-electron chi connectivity index (χ4n) is 0.415. The minimum atomic E-state index is -0.948. The molecule has 0 rings (SSSR count). The molecule has 0 heterocycles. The Morgan fingerprint density at radius 1 is 1.56 bits per heavy atom. The van der Waals surface area contributed by atoms with E-state index in [1.807, 2.05) is 0 Å². The summed E-state index contributed by atoms with van der Waals surface area (Å²) in [5.41, 5.74) is 0. The van der Waals surface area contributed by atoms with E-state index in [1.165, 1.54) is 0 Å². The van der Waals surface area contributed by atoms with Gasteiger partial charge in [0.1, 0.15) is 0 Å². The van der Waals surface area contributed by atoms with Crippen LogP contribution < -0.4 is 0 Å². The van der Waals surface area contributed by atoms with Crippen molar-refractivity contribution in [3.63, 3.8) is 0 Å². The molecule has 0 amide bonds. The van der Waals surface area contributed by atoms with E-state index in [4.69, 9.17) is 10.2 Å². The number of aliphatic hydroxyl groups is 1. The molecule has 3 nitrogen and oxygen atoms in total. The van der Waals surface area contributed by atoms with Crippen LogP contribution in [0.3, 0.4) is 0 Å². The van der Waals surface area contributed by atoms with E-state index in [9.17, 15) is 4.79 Å². The second-order valence-corrected chi connectivity index (χ2v) is 2.41. The largest absolute Gasteiger partial charge is 0.481 e. The summed E-state index contributed by atoms with van der Waals surface area (Å²) >= 11 is 0. The van der Waals surface area contributed by atoms with Crippen LogP contribution in [0.15, 0.2) is 0 Å². The van der Waals surface area contributed by atoms with Crippen molar-refractivity contribution >= 4 is 5.97 Å². The van der Waals surface area contributed by atoms with Crippen molar-refractivity contribution in [1.82, 2.24) is 0 Å². The first-order chi connectivity index (χ1) is 4.04. The summed E-state index contributed by atoms with van der Waals surface area (Å²) in [5, 5.41) is 17.1. The molecule has 0 saturated heterocycles. The van der Waals surface area contributed by atoms with Gasteiger partial charge >= 0.3 is 5.97 Å². The molecule has 0 aromatic heterocycles. The number of aliphatic hydroxyl groups excluding tert-OH is 1. The lowest BCUT2D eigenvalue weighted by Gasteiger charge is -2.10. The van der Waals surface area contributed by atoms with Gasteiger partial charge in [-0.25, -0.2) is 0 Å². The van der Waals surface area contributed by atoms with Crippen LogP contribution in [0.25, 0.3) is 0 Å². The molecular formula is C6H12O3. The summed E-state index contributed by atoms with van der Waals surface area (Å²) in [7, 11) is 0. The number of hydrogen-bond acceptors (Lipinski definition) is 2. The first-order valence-corrected chi connectivity index (χ1v) is 2.94. The zero-order valence-electron chi connectivity index (χ0n) is 5.66. The zero-order valence-corrected chi connectivity index (χ0v) is 5.66. The highest BCUT2D eigenvalue weighted by molar-refractivity contribution is 5.67. The predicted molar refractivity (Wildman–Crippen MR) is 33.1 cm³/mol. The molecule has 54 valence electrons. The van der Waals surface area contributed by atoms with E-state index in [2.05, 4.69) is 0 Å². The standard InChI is InChI=1S/C6H12O3/c1-4(2)5(7)3-6(8)9/h4-5,7H,3H2,1-2H3,(H,8,9)/t5-/m0/s1. The van der Waals surface area contributed by atoms with Gasteiger partial charge in [-0.2, -0.15) is 0 Å². The van der Waals surface area contributed by atoms with E-state index in [1.54, 1.807) is 13.8 Å². The smallest absolute Gasteiger partial charge is 0.305 e. The average molecular weight is 132 g/mol. The Bertz CT molecular complexity index is 98.5. The SMILES string of the molecule is CC(C)[C@@H](O)CC(=O)O. The lowest BCUT2D eigenvalue weighted by Crippen LogP contribution is -2.18. The lowest BCUT2D eigenvalue weighted by atomic mass is 10.1. The summed E-state index contributed by atoms with van der Waals surface area (Å²) in [6.45, 7) is 3.57. The number of carbonyl (C=O) groups is 1. The van der Waals surface area contributed by atoms with E-state index in [-0.39, 0.29) is 12.3 Å². The molecule has 0 aliphatic heterocycles. The normalized spacial score (nSPS) is 13.8. The van der Waals surface area contributed by atoms with Crippen LogP contribution in [0.2, 0.25) is 0 Å². The highest BCUT2D eigenvalue weighted by atomic mass is 16.4. The Labute approximate surface area is 54.3 Å². The van der Waals surface area contributed by atoms with Crippen molar-refractivity contribution in [3.8, 4) is 0 Å². The second kappa shape index (κ2) is 3.45. The minimum Gasteiger partial charge on any atom is -0.481 e. The summed E-state index contributed by atoms with van der Waals surface area (Å²) in [4.78, 5) is 9.95. The Morgan fingerprint density at radius 2 is 2.00 bits per heavy atom. The maximum absolute atomic E-state index is 9.95. The van der Waals surface area contributed by atoms with Gasteiger partial charge in [-0.15, -0.1) is 0 Å². The van der Waals surface area contributed by atoms with Gasteiger partial charge in [0, 0.05) is 0 Å². The van der Waals surface area contributed by atoms with Crippen LogP contribution in [0.4, 0.5) is 0 Å². The summed E-state index contributed by atoms with van der Waals surface area (Å²) in [6, 6.07) is 0. The first-order valence-electron chi connectivity index (χ1n) is 2.94. The van der Waals surface area contributed by atoms with Crippen LogP contribution in [-0.4, -0.2) is 22.3 Å². The minimum absolute atomic E-state index is 0.0288. The van der Waals surface area contributed by atoms with Crippen molar-refractivity contribution in [2.45, 2.75) is 26.4 Å². The van der Waals surface area contributed by atoms with Gasteiger partial charge in [-0.05, 0) is 5.92 Å². The monoisotopic (exact) mass is 132 g/mol. The maximum Gasteiger partial charge on any atom is 0.305 e. The number of rotatable bonds is 3. The highest BCUT2D eigenvalue weighted by Crippen LogP contribution is 2.04. The fraction of sp³-hybridized carbons (Fsp3) is 0.833. The third-order valence-corrected chi connectivity index (χ3v) is 1.15.